The number of fused-ring (bicyclic) bond motifs is 1. The minimum Gasteiger partial charge on any atom is -0.381 e. The van der Waals surface area contributed by atoms with Crippen molar-refractivity contribution in [3.8, 4) is 0 Å². The lowest BCUT2D eigenvalue weighted by atomic mass is 9.81. The summed E-state index contributed by atoms with van der Waals surface area (Å²) >= 11 is 0. The van der Waals surface area contributed by atoms with Gasteiger partial charge in [-0.3, -0.25) is 14.4 Å². The molecule has 156 valence electrons. The van der Waals surface area contributed by atoms with E-state index in [0.29, 0.717) is 43.1 Å². The fraction of sp³-hybridized carbons (Fsp3) is 0.700. The molecule has 0 aliphatic carbocycles. The molecule has 2 aromatic rings. The molecule has 5 rings (SSSR count). The molecule has 0 N–H and O–H groups in total. The Kier molecular flexibility index (Phi) is 4.66. The average molecular weight is 400 g/mol. The number of carbonyl (C=O) groups is 1. The molecule has 3 aliphatic rings. The zero-order valence-electron chi connectivity index (χ0n) is 17.1. The van der Waals surface area contributed by atoms with E-state index in [4.69, 9.17) is 9.26 Å². The van der Waals surface area contributed by atoms with Gasteiger partial charge in [-0.1, -0.05) is 5.16 Å². The van der Waals surface area contributed by atoms with E-state index in [2.05, 4.69) is 20.1 Å². The van der Waals surface area contributed by atoms with Gasteiger partial charge in [-0.25, -0.2) is 0 Å². The number of aromatic nitrogens is 4. The van der Waals surface area contributed by atoms with Crippen molar-refractivity contribution in [2.75, 3.05) is 39.4 Å². The molecular weight excluding hydrogens is 372 g/mol. The fourth-order valence-corrected chi connectivity index (χ4v) is 5.32. The van der Waals surface area contributed by atoms with E-state index >= 15 is 0 Å². The van der Waals surface area contributed by atoms with E-state index in [1.807, 2.05) is 18.7 Å². The maximum Gasteiger partial charge on any atom is 0.272 e. The van der Waals surface area contributed by atoms with Gasteiger partial charge < -0.3 is 14.2 Å². The largest absolute Gasteiger partial charge is 0.381 e. The Morgan fingerprint density at radius 3 is 2.83 bits per heavy atom. The van der Waals surface area contributed by atoms with Gasteiger partial charge in [-0.05, 0) is 32.8 Å². The van der Waals surface area contributed by atoms with E-state index in [1.54, 1.807) is 16.9 Å². The average Bonchev–Trinajstić information content (AvgIpc) is 3.49. The molecule has 0 bridgehead atoms. The van der Waals surface area contributed by atoms with Crippen LogP contribution in [0.25, 0.3) is 0 Å². The molecule has 2 atom stereocenters. The van der Waals surface area contributed by atoms with Crippen molar-refractivity contribution in [2.24, 2.45) is 5.92 Å². The highest BCUT2D eigenvalue weighted by molar-refractivity contribution is 5.93. The minimum atomic E-state index is -0.299. The number of hydrogen-bond donors (Lipinski definition) is 0. The molecule has 0 unspecified atom stereocenters. The van der Waals surface area contributed by atoms with E-state index < -0.39 is 0 Å². The Bertz CT molecular complexity index is 888. The monoisotopic (exact) mass is 400 g/mol. The van der Waals surface area contributed by atoms with Gasteiger partial charge in [0.1, 0.15) is 5.69 Å². The molecule has 9 heteroatoms. The molecule has 3 saturated heterocycles. The Labute approximate surface area is 170 Å². The SMILES string of the molecule is CCn1nccc1C(=O)N1C[C@H]2CN(C3CCOCC3)C[C@@]2(c2nc(C)no2)C1. The zero-order chi connectivity index (χ0) is 20.0. The molecule has 0 saturated carbocycles. The summed E-state index contributed by atoms with van der Waals surface area (Å²) in [7, 11) is 0. The first-order valence-corrected chi connectivity index (χ1v) is 10.5. The second kappa shape index (κ2) is 7.21. The summed E-state index contributed by atoms with van der Waals surface area (Å²) in [5, 5.41) is 8.32. The first-order chi connectivity index (χ1) is 14.1. The lowest BCUT2D eigenvalue weighted by molar-refractivity contribution is 0.0368. The number of carbonyl (C=O) groups excluding carboxylic acids is 1. The second-order valence-corrected chi connectivity index (χ2v) is 8.49. The van der Waals surface area contributed by atoms with Crippen molar-refractivity contribution in [3.63, 3.8) is 0 Å². The molecule has 0 aromatic carbocycles. The Hall–Kier alpha value is -2.26. The summed E-state index contributed by atoms with van der Waals surface area (Å²) in [4.78, 5) is 22.4. The number of rotatable bonds is 4. The number of ether oxygens (including phenoxy) is 1. The van der Waals surface area contributed by atoms with Crippen LogP contribution in [0.15, 0.2) is 16.8 Å². The maximum absolute atomic E-state index is 13.2. The maximum atomic E-state index is 13.2. The molecule has 3 aliphatic heterocycles. The van der Waals surface area contributed by atoms with Crippen LogP contribution in [0.2, 0.25) is 0 Å². The Morgan fingerprint density at radius 2 is 2.10 bits per heavy atom. The van der Waals surface area contributed by atoms with Crippen LogP contribution in [0.3, 0.4) is 0 Å². The van der Waals surface area contributed by atoms with Gasteiger partial charge in [0.25, 0.3) is 5.91 Å². The molecular formula is C20H28N6O3. The summed E-state index contributed by atoms with van der Waals surface area (Å²) in [6.45, 7) is 9.27. The van der Waals surface area contributed by atoms with Crippen molar-refractivity contribution in [2.45, 2.75) is 44.7 Å². The molecule has 3 fully saturated rings. The molecule has 0 radical (unpaired) electrons. The molecule has 1 amide bonds. The highest BCUT2D eigenvalue weighted by Gasteiger charge is 2.58. The van der Waals surface area contributed by atoms with Gasteiger partial charge in [0, 0.05) is 64.1 Å². The van der Waals surface area contributed by atoms with E-state index in [-0.39, 0.29) is 17.2 Å². The van der Waals surface area contributed by atoms with Gasteiger partial charge >= 0.3 is 0 Å². The number of likely N-dealkylation sites (tertiary alicyclic amines) is 2. The normalized spacial score (nSPS) is 28.2. The van der Waals surface area contributed by atoms with Gasteiger partial charge in [0.2, 0.25) is 5.89 Å². The van der Waals surface area contributed by atoms with Crippen LogP contribution in [0, 0.1) is 12.8 Å². The second-order valence-electron chi connectivity index (χ2n) is 8.49. The summed E-state index contributed by atoms with van der Waals surface area (Å²) < 4.78 is 13.0. The molecule has 5 heterocycles. The topological polar surface area (TPSA) is 89.5 Å². The standard InChI is InChI=1S/C20H28N6O3/c1-3-26-17(4-7-21-26)18(27)25-11-15-10-24(16-5-8-28-9-6-16)12-20(15,13-25)19-22-14(2)23-29-19/h4,7,15-16H,3,5-6,8-13H2,1-2H3/t15-,20-/m1/s1. The summed E-state index contributed by atoms with van der Waals surface area (Å²) in [5.74, 6) is 1.64. The van der Waals surface area contributed by atoms with Crippen LogP contribution in [-0.2, 0) is 16.7 Å². The zero-order valence-corrected chi connectivity index (χ0v) is 17.1. The fourth-order valence-electron chi connectivity index (χ4n) is 5.32. The van der Waals surface area contributed by atoms with E-state index in [1.165, 1.54) is 0 Å². The number of hydrogen-bond acceptors (Lipinski definition) is 7. The predicted octanol–water partition coefficient (Wildman–Crippen LogP) is 1.10. The van der Waals surface area contributed by atoms with Crippen LogP contribution >= 0.6 is 0 Å². The lowest BCUT2D eigenvalue weighted by Gasteiger charge is -2.33. The summed E-state index contributed by atoms with van der Waals surface area (Å²) in [6.07, 6.45) is 3.81. The van der Waals surface area contributed by atoms with Crippen LogP contribution in [0.5, 0.6) is 0 Å². The first-order valence-electron chi connectivity index (χ1n) is 10.5. The molecule has 9 nitrogen and oxygen atoms in total. The van der Waals surface area contributed by atoms with Crippen LogP contribution in [0.1, 0.15) is 42.0 Å². The third-order valence-corrected chi connectivity index (χ3v) is 6.82. The molecule has 0 spiro atoms. The highest BCUT2D eigenvalue weighted by Crippen LogP contribution is 2.45. The third kappa shape index (κ3) is 3.07. The number of nitrogens with zero attached hydrogens (tertiary/aromatic N) is 6. The molecule has 29 heavy (non-hydrogen) atoms. The number of aryl methyl sites for hydroxylation is 2. The van der Waals surface area contributed by atoms with Gasteiger partial charge in [0.15, 0.2) is 5.82 Å². The minimum absolute atomic E-state index is 0.0342. The molecule has 2 aromatic heterocycles. The van der Waals surface area contributed by atoms with Crippen molar-refractivity contribution in [1.29, 1.82) is 0 Å². The summed E-state index contributed by atoms with van der Waals surface area (Å²) in [6, 6.07) is 2.33. The van der Waals surface area contributed by atoms with Crippen molar-refractivity contribution < 1.29 is 14.1 Å². The Morgan fingerprint density at radius 1 is 1.28 bits per heavy atom. The van der Waals surface area contributed by atoms with E-state index in [9.17, 15) is 4.79 Å². The van der Waals surface area contributed by atoms with Gasteiger partial charge in [-0.2, -0.15) is 10.1 Å². The van der Waals surface area contributed by atoms with Crippen LogP contribution < -0.4 is 0 Å². The smallest absolute Gasteiger partial charge is 0.272 e. The lowest BCUT2D eigenvalue weighted by Crippen LogP contribution is -2.44. The first kappa shape index (κ1) is 18.7. The highest BCUT2D eigenvalue weighted by atomic mass is 16.5. The third-order valence-electron chi connectivity index (χ3n) is 6.82. The van der Waals surface area contributed by atoms with Crippen molar-refractivity contribution >= 4 is 5.91 Å². The van der Waals surface area contributed by atoms with Gasteiger partial charge in [0.05, 0.1) is 5.41 Å². The van der Waals surface area contributed by atoms with Crippen molar-refractivity contribution in [1.82, 2.24) is 29.7 Å². The predicted molar refractivity (Wildman–Crippen MR) is 103 cm³/mol. The van der Waals surface area contributed by atoms with Crippen LogP contribution in [0.4, 0.5) is 0 Å². The quantitative estimate of drug-likeness (QED) is 0.759. The summed E-state index contributed by atoms with van der Waals surface area (Å²) in [5.41, 5.74) is 0.345. The van der Waals surface area contributed by atoms with Crippen LogP contribution in [-0.4, -0.2) is 81.1 Å². The van der Waals surface area contributed by atoms with Crippen molar-refractivity contribution in [3.05, 3.63) is 29.7 Å². The Balaban J connectivity index is 1.42. The number of amides is 1. The van der Waals surface area contributed by atoms with E-state index in [0.717, 1.165) is 39.1 Å². The van der Waals surface area contributed by atoms with Gasteiger partial charge in [-0.15, -0.1) is 0 Å².